The number of hydrogen-bond acceptors (Lipinski definition) is 6. The highest BCUT2D eigenvalue weighted by molar-refractivity contribution is 7.65. The Kier molecular flexibility index (Phi) is 5.84. The predicted octanol–water partition coefficient (Wildman–Crippen LogP) is 3.36. The lowest BCUT2D eigenvalue weighted by Gasteiger charge is -2.19. The molecule has 0 saturated heterocycles. The van der Waals surface area contributed by atoms with Gasteiger partial charge in [0.1, 0.15) is 11.4 Å². The smallest absolute Gasteiger partial charge is 0.365 e. The van der Waals surface area contributed by atoms with Crippen molar-refractivity contribution in [3.8, 4) is 6.07 Å². The highest BCUT2D eigenvalue weighted by atomic mass is 31.2. The van der Waals surface area contributed by atoms with Crippen molar-refractivity contribution in [2.45, 2.75) is 13.8 Å². The standard InChI is InChI=1S/C12H16NO5P/c1-4-17-19(14,18-5-2)12(9-15-3)10-6-7-16-11(10)8-13/h6-7,9H,4-5H2,1-3H3/b12-9+. The van der Waals surface area contributed by atoms with E-state index in [1.807, 2.05) is 6.07 Å². The number of ether oxygens (including phenoxy) is 1. The first-order valence-corrected chi connectivity index (χ1v) is 7.27. The fourth-order valence-electron chi connectivity index (χ4n) is 1.50. The number of nitriles is 1. The van der Waals surface area contributed by atoms with Gasteiger partial charge in [-0.15, -0.1) is 0 Å². The van der Waals surface area contributed by atoms with Crippen LogP contribution in [-0.2, 0) is 18.3 Å². The van der Waals surface area contributed by atoms with Crippen molar-refractivity contribution in [1.82, 2.24) is 0 Å². The van der Waals surface area contributed by atoms with E-state index in [9.17, 15) is 4.57 Å². The van der Waals surface area contributed by atoms with Gasteiger partial charge in [-0.3, -0.25) is 4.57 Å². The third-order valence-electron chi connectivity index (χ3n) is 2.17. The van der Waals surface area contributed by atoms with Gasteiger partial charge in [0.05, 0.1) is 32.8 Å². The summed E-state index contributed by atoms with van der Waals surface area (Å²) in [5, 5.41) is 9.14. The quantitative estimate of drug-likeness (QED) is 0.564. The summed E-state index contributed by atoms with van der Waals surface area (Å²) in [7, 11) is -2.14. The van der Waals surface area contributed by atoms with Crippen LogP contribution in [0.1, 0.15) is 25.2 Å². The Labute approximate surface area is 112 Å². The van der Waals surface area contributed by atoms with Gasteiger partial charge in [-0.1, -0.05) is 0 Å². The second kappa shape index (κ2) is 7.15. The fraction of sp³-hybridized carbons (Fsp3) is 0.417. The molecule has 0 N–H and O–H groups in total. The Morgan fingerprint density at radius 2 is 2.11 bits per heavy atom. The van der Waals surface area contributed by atoms with E-state index < -0.39 is 7.60 Å². The van der Waals surface area contributed by atoms with E-state index in [1.54, 1.807) is 13.8 Å². The first-order chi connectivity index (χ1) is 9.12. The highest BCUT2D eigenvalue weighted by Gasteiger charge is 2.34. The molecule has 0 bridgehead atoms. The summed E-state index contributed by atoms with van der Waals surface area (Å²) >= 11 is 0. The van der Waals surface area contributed by atoms with E-state index >= 15 is 0 Å². The topological polar surface area (TPSA) is 81.7 Å². The zero-order chi connectivity index (χ0) is 14.3. The first-order valence-electron chi connectivity index (χ1n) is 5.73. The molecule has 0 aliphatic carbocycles. The summed E-state index contributed by atoms with van der Waals surface area (Å²) in [5.74, 6) is 0.0305. The summed E-state index contributed by atoms with van der Waals surface area (Å²) in [6.07, 6.45) is 2.58. The molecule has 104 valence electrons. The second-order valence-corrected chi connectivity index (χ2v) is 5.34. The van der Waals surface area contributed by atoms with Crippen LogP contribution >= 0.6 is 7.60 Å². The molecule has 0 aliphatic rings. The number of methoxy groups -OCH3 is 1. The number of furan rings is 1. The zero-order valence-corrected chi connectivity index (χ0v) is 12.0. The lowest BCUT2D eigenvalue weighted by Crippen LogP contribution is -1.99. The van der Waals surface area contributed by atoms with Crippen LogP contribution < -0.4 is 0 Å². The van der Waals surface area contributed by atoms with Gasteiger partial charge >= 0.3 is 7.60 Å². The maximum absolute atomic E-state index is 12.7. The van der Waals surface area contributed by atoms with E-state index in [0.717, 1.165) is 0 Å². The van der Waals surface area contributed by atoms with E-state index in [4.69, 9.17) is 23.5 Å². The summed E-state index contributed by atoms with van der Waals surface area (Å²) in [5.41, 5.74) is 0.342. The molecule has 0 saturated carbocycles. The second-order valence-electron chi connectivity index (χ2n) is 3.35. The van der Waals surface area contributed by atoms with Gasteiger partial charge in [-0.25, -0.2) is 0 Å². The molecule has 0 radical (unpaired) electrons. The monoisotopic (exact) mass is 285 g/mol. The van der Waals surface area contributed by atoms with Gasteiger partial charge in [0, 0.05) is 5.56 Å². The molecule has 1 heterocycles. The number of rotatable bonds is 7. The molecule has 0 atom stereocenters. The van der Waals surface area contributed by atoms with Crippen LogP contribution in [0.2, 0.25) is 0 Å². The molecule has 0 aromatic carbocycles. The van der Waals surface area contributed by atoms with Crippen molar-refractivity contribution >= 4 is 12.9 Å². The average Bonchev–Trinajstić information content (AvgIpc) is 2.84. The average molecular weight is 285 g/mol. The molecule has 1 aromatic rings. The van der Waals surface area contributed by atoms with Crippen LogP contribution in [0.25, 0.3) is 5.31 Å². The van der Waals surface area contributed by atoms with Crippen LogP contribution in [0.15, 0.2) is 23.0 Å². The van der Waals surface area contributed by atoms with Crippen LogP contribution in [0.3, 0.4) is 0 Å². The summed E-state index contributed by atoms with van der Waals surface area (Å²) < 4.78 is 33.1. The predicted molar refractivity (Wildman–Crippen MR) is 69.3 cm³/mol. The molecule has 0 aliphatic heterocycles. The van der Waals surface area contributed by atoms with Crippen molar-refractivity contribution in [3.05, 3.63) is 29.9 Å². The van der Waals surface area contributed by atoms with E-state index in [-0.39, 0.29) is 24.3 Å². The molecule has 0 amide bonds. The van der Waals surface area contributed by atoms with E-state index in [1.165, 1.54) is 25.7 Å². The summed E-state index contributed by atoms with van der Waals surface area (Å²) in [6.45, 7) is 3.82. The van der Waals surface area contributed by atoms with Crippen LogP contribution in [0, 0.1) is 11.3 Å². The molecule has 0 unspecified atom stereocenters. The van der Waals surface area contributed by atoms with Crippen LogP contribution in [0.4, 0.5) is 0 Å². The molecular weight excluding hydrogens is 269 g/mol. The summed E-state index contributed by atoms with van der Waals surface area (Å²) in [4.78, 5) is 0. The maximum Gasteiger partial charge on any atom is 0.365 e. The SMILES string of the molecule is CCOP(=O)(OCC)/C(=C/OC)c1ccoc1C#N. The minimum Gasteiger partial charge on any atom is -0.503 e. The fourth-order valence-corrected chi connectivity index (χ4v) is 3.24. The molecule has 7 heteroatoms. The van der Waals surface area contributed by atoms with Gasteiger partial charge in [0.15, 0.2) is 0 Å². The Balaban J connectivity index is 3.31. The number of nitrogens with zero attached hydrogens (tertiary/aromatic N) is 1. The minimum atomic E-state index is -3.55. The van der Waals surface area contributed by atoms with Gasteiger partial charge in [-0.05, 0) is 19.9 Å². The Morgan fingerprint density at radius 1 is 1.47 bits per heavy atom. The third-order valence-corrected chi connectivity index (χ3v) is 4.30. The van der Waals surface area contributed by atoms with Crippen molar-refractivity contribution in [1.29, 1.82) is 5.26 Å². The lowest BCUT2D eigenvalue weighted by atomic mass is 10.2. The van der Waals surface area contributed by atoms with E-state index in [0.29, 0.717) is 5.56 Å². The molecule has 1 rings (SSSR count). The van der Waals surface area contributed by atoms with Crippen molar-refractivity contribution in [2.24, 2.45) is 0 Å². The largest absolute Gasteiger partial charge is 0.503 e. The van der Waals surface area contributed by atoms with Gasteiger partial charge in [-0.2, -0.15) is 5.26 Å². The van der Waals surface area contributed by atoms with Crippen molar-refractivity contribution in [2.75, 3.05) is 20.3 Å². The molecule has 19 heavy (non-hydrogen) atoms. The minimum absolute atomic E-state index is 0.0305. The zero-order valence-electron chi connectivity index (χ0n) is 11.1. The van der Waals surface area contributed by atoms with Gasteiger partial charge < -0.3 is 18.2 Å². The van der Waals surface area contributed by atoms with Gasteiger partial charge in [0.25, 0.3) is 0 Å². The first kappa shape index (κ1) is 15.5. The Morgan fingerprint density at radius 3 is 2.58 bits per heavy atom. The van der Waals surface area contributed by atoms with E-state index in [2.05, 4.69) is 0 Å². The number of hydrogen-bond donors (Lipinski definition) is 0. The van der Waals surface area contributed by atoms with Crippen LogP contribution in [0.5, 0.6) is 0 Å². The molecule has 1 aromatic heterocycles. The highest BCUT2D eigenvalue weighted by Crippen LogP contribution is 2.60. The normalized spacial score (nSPS) is 12.2. The maximum atomic E-state index is 12.7. The molecule has 6 nitrogen and oxygen atoms in total. The Hall–Kier alpha value is -1.54. The summed E-state index contributed by atoms with van der Waals surface area (Å²) in [6, 6.07) is 3.40. The van der Waals surface area contributed by atoms with Gasteiger partial charge in [0.2, 0.25) is 5.76 Å². The molecular formula is C12H16NO5P. The van der Waals surface area contributed by atoms with Crippen molar-refractivity contribution < 1.29 is 22.8 Å². The molecule has 0 fully saturated rings. The Bertz CT molecular complexity index is 518. The molecule has 0 spiro atoms. The van der Waals surface area contributed by atoms with Crippen LogP contribution in [-0.4, -0.2) is 20.3 Å². The lowest BCUT2D eigenvalue weighted by molar-refractivity contribution is 0.229. The van der Waals surface area contributed by atoms with Crippen molar-refractivity contribution in [3.63, 3.8) is 0 Å². The third kappa shape index (κ3) is 3.48.